The minimum absolute atomic E-state index is 0. The van der Waals surface area contributed by atoms with Crippen molar-refractivity contribution in [2.24, 2.45) is 0 Å². The van der Waals surface area contributed by atoms with Gasteiger partial charge in [0, 0.05) is 47.9 Å². The van der Waals surface area contributed by atoms with Crippen LogP contribution < -0.4 is 15.2 Å². The number of halogens is 1. The molecule has 0 saturated carbocycles. The second-order valence-corrected chi connectivity index (χ2v) is 8.02. The van der Waals surface area contributed by atoms with E-state index < -0.39 is 22.8 Å². The topological polar surface area (TPSA) is 106 Å². The van der Waals surface area contributed by atoms with Gasteiger partial charge < -0.3 is 29.7 Å². The Morgan fingerprint density at radius 2 is 2.07 bits per heavy atom. The number of fused-ring (bicyclic) bond motifs is 3. The fraction of sp³-hybridized carbons (Fsp3) is 0.429. The van der Waals surface area contributed by atoms with Gasteiger partial charge in [0.05, 0.1) is 12.3 Å². The molecule has 2 aliphatic heterocycles. The molecule has 1 aromatic heterocycles. The Kier molecular flexibility index (Phi) is 6.01. The number of rotatable bonds is 3. The number of pyridine rings is 1. The van der Waals surface area contributed by atoms with Crippen LogP contribution in [0, 0.1) is 0 Å². The Balaban J connectivity index is 0.00000256. The third-order valence-corrected chi connectivity index (χ3v) is 5.92. The van der Waals surface area contributed by atoms with E-state index in [1.807, 2.05) is 25.1 Å². The lowest BCUT2D eigenvalue weighted by Gasteiger charge is -2.22. The number of carbonyl (C=O) groups is 1. The van der Waals surface area contributed by atoms with Crippen molar-refractivity contribution >= 4 is 24.1 Å². The summed E-state index contributed by atoms with van der Waals surface area (Å²) in [5.74, 6) is -1.62. The number of hydrogen-bond acceptors (Lipinski definition) is 6. The van der Waals surface area contributed by atoms with E-state index in [4.69, 9.17) is 4.74 Å². The molecule has 30 heavy (non-hydrogen) atoms. The molecule has 1 aromatic carbocycles. The minimum Gasteiger partial charge on any atom is -0.506 e. The van der Waals surface area contributed by atoms with Gasteiger partial charge in [-0.3, -0.25) is 4.79 Å². The molecule has 8 nitrogen and oxygen atoms in total. The third kappa shape index (κ3) is 3.61. The van der Waals surface area contributed by atoms with Gasteiger partial charge in [0.25, 0.3) is 5.56 Å². The van der Waals surface area contributed by atoms with E-state index in [0.29, 0.717) is 28.6 Å². The van der Waals surface area contributed by atoms with Crippen LogP contribution >= 0.6 is 12.4 Å². The minimum atomic E-state index is -1.45. The Hall–Kier alpha value is -2.71. The van der Waals surface area contributed by atoms with E-state index in [1.165, 1.54) is 0 Å². The number of aromatic nitrogens is 1. The summed E-state index contributed by atoms with van der Waals surface area (Å²) in [6, 6.07) is 6.29. The zero-order valence-corrected chi connectivity index (χ0v) is 18.0. The van der Waals surface area contributed by atoms with E-state index >= 15 is 0 Å². The average molecular weight is 436 g/mol. The zero-order chi connectivity index (χ0) is 20.9. The molecular formula is C21H26ClN3O5. The first-order valence-electron chi connectivity index (χ1n) is 9.69. The van der Waals surface area contributed by atoms with Crippen molar-refractivity contribution in [2.45, 2.75) is 25.3 Å². The number of aromatic amines is 1. The quantitative estimate of drug-likeness (QED) is 0.680. The number of benzene rings is 1. The Labute approximate surface area is 180 Å². The van der Waals surface area contributed by atoms with Crippen molar-refractivity contribution in [1.82, 2.24) is 9.88 Å². The smallest absolute Gasteiger partial charge is 0.345 e. The normalized spacial score (nSPS) is 20.1. The molecule has 1 saturated heterocycles. The van der Waals surface area contributed by atoms with E-state index in [0.717, 1.165) is 25.2 Å². The summed E-state index contributed by atoms with van der Waals surface area (Å²) in [5, 5.41) is 19.8. The highest BCUT2D eigenvalue weighted by Gasteiger charge is 2.31. The Morgan fingerprint density at radius 1 is 1.33 bits per heavy atom. The van der Waals surface area contributed by atoms with Crippen molar-refractivity contribution in [1.29, 1.82) is 0 Å². The highest BCUT2D eigenvalue weighted by Crippen LogP contribution is 2.43. The van der Waals surface area contributed by atoms with Crippen LogP contribution in [0.15, 0.2) is 23.0 Å². The first-order chi connectivity index (χ1) is 13.8. The van der Waals surface area contributed by atoms with E-state index in [-0.39, 0.29) is 24.9 Å². The van der Waals surface area contributed by atoms with Crippen LogP contribution in [0.4, 0.5) is 5.69 Å². The van der Waals surface area contributed by atoms with Gasteiger partial charge in [-0.1, -0.05) is 6.92 Å². The highest BCUT2D eigenvalue weighted by atomic mass is 35.5. The number of carboxylic acids is 1. The van der Waals surface area contributed by atoms with Crippen molar-refractivity contribution in [2.75, 3.05) is 38.7 Å². The molecule has 9 heteroatoms. The van der Waals surface area contributed by atoms with E-state index in [1.54, 1.807) is 0 Å². The molecule has 0 spiro atoms. The molecule has 4 rings (SSSR count). The summed E-state index contributed by atoms with van der Waals surface area (Å²) >= 11 is 0. The maximum Gasteiger partial charge on any atom is 0.345 e. The number of H-pyrrole nitrogens is 1. The lowest BCUT2D eigenvalue weighted by Crippen LogP contribution is -2.31. The van der Waals surface area contributed by atoms with Crippen LogP contribution in [0.2, 0.25) is 0 Å². The van der Waals surface area contributed by atoms with Crippen molar-refractivity contribution < 1.29 is 19.7 Å². The molecular weight excluding hydrogens is 410 g/mol. The lowest BCUT2D eigenvalue weighted by atomic mass is 9.94. The number of aromatic carboxylic acids is 1. The van der Waals surface area contributed by atoms with Gasteiger partial charge in [-0.05, 0) is 32.6 Å². The summed E-state index contributed by atoms with van der Waals surface area (Å²) in [7, 11) is 4.17. The molecule has 0 bridgehead atoms. The largest absolute Gasteiger partial charge is 0.506 e. The van der Waals surface area contributed by atoms with Crippen LogP contribution in [0.1, 0.15) is 35.2 Å². The van der Waals surface area contributed by atoms with Crippen LogP contribution in [0.3, 0.4) is 0 Å². The van der Waals surface area contributed by atoms with Gasteiger partial charge in [0.15, 0.2) is 5.56 Å². The average Bonchev–Trinajstić information content (AvgIpc) is 3.11. The second-order valence-electron chi connectivity index (χ2n) is 8.02. The molecule has 2 aromatic rings. The van der Waals surface area contributed by atoms with E-state index in [2.05, 4.69) is 28.9 Å². The number of anilines is 1. The zero-order valence-electron chi connectivity index (χ0n) is 17.1. The molecule has 0 aliphatic carbocycles. The fourth-order valence-electron chi connectivity index (χ4n) is 4.22. The van der Waals surface area contributed by atoms with Crippen LogP contribution in [0.5, 0.6) is 11.5 Å². The maximum absolute atomic E-state index is 12.3. The Morgan fingerprint density at radius 3 is 2.70 bits per heavy atom. The Bertz CT molecular complexity index is 1040. The van der Waals surface area contributed by atoms with Crippen molar-refractivity contribution in [3.8, 4) is 22.8 Å². The number of nitrogens with one attached hydrogen (secondary N) is 1. The number of hydrogen-bond donors (Lipinski definition) is 3. The molecule has 3 N–H and O–H groups in total. The molecule has 162 valence electrons. The molecule has 3 heterocycles. The number of carboxylic acid groups (broad SMARTS) is 1. The van der Waals surface area contributed by atoms with Gasteiger partial charge in [-0.25, -0.2) is 4.79 Å². The van der Waals surface area contributed by atoms with Crippen LogP contribution in [-0.2, 0) is 0 Å². The van der Waals surface area contributed by atoms with Gasteiger partial charge in [0.2, 0.25) is 0 Å². The summed E-state index contributed by atoms with van der Waals surface area (Å²) in [6.45, 7) is 3.98. The summed E-state index contributed by atoms with van der Waals surface area (Å²) < 4.78 is 6.00. The molecule has 2 atom stereocenters. The molecule has 0 radical (unpaired) electrons. The number of ether oxygens (including phenoxy) is 1. The molecule has 0 amide bonds. The summed E-state index contributed by atoms with van der Waals surface area (Å²) in [4.78, 5) is 30.9. The molecule has 2 aliphatic rings. The van der Waals surface area contributed by atoms with Crippen molar-refractivity contribution in [3.63, 3.8) is 0 Å². The predicted molar refractivity (Wildman–Crippen MR) is 117 cm³/mol. The van der Waals surface area contributed by atoms with Gasteiger partial charge >= 0.3 is 5.97 Å². The summed E-state index contributed by atoms with van der Waals surface area (Å²) in [6.07, 6.45) is 1.09. The standard InChI is InChI=1S/C21H25N3O5.ClH/c1-11-10-29-15-8-12(24-7-6-13(9-24)23(2)3)4-5-14(15)18-16(11)19(25)17(21(27)28)20(26)22-18;/h4-5,8,11,13H,6-7,9-10H2,1-3H3,(H,27,28)(H2,22,25,26);1H. The second kappa shape index (κ2) is 8.20. The number of aromatic hydroxyl groups is 1. The van der Waals surface area contributed by atoms with Crippen LogP contribution in [0.25, 0.3) is 11.3 Å². The van der Waals surface area contributed by atoms with Gasteiger partial charge in [-0.15, -0.1) is 12.4 Å². The SMILES string of the molecule is CC1COc2cc(N3CCC(N(C)C)C3)ccc2-c2[nH]c(=O)c(C(=O)O)c(O)c21.Cl. The van der Waals surface area contributed by atoms with Crippen molar-refractivity contribution in [3.05, 3.63) is 39.7 Å². The third-order valence-electron chi connectivity index (χ3n) is 5.92. The van der Waals surface area contributed by atoms with Gasteiger partial charge in [-0.2, -0.15) is 0 Å². The first-order valence-corrected chi connectivity index (χ1v) is 9.69. The molecule has 2 unspecified atom stereocenters. The molecule has 1 fully saturated rings. The summed E-state index contributed by atoms with van der Waals surface area (Å²) in [5.41, 5.74) is 1.02. The number of nitrogens with zero attached hydrogens (tertiary/aromatic N) is 2. The van der Waals surface area contributed by atoms with Crippen LogP contribution in [-0.4, -0.2) is 65.9 Å². The van der Waals surface area contributed by atoms with E-state index in [9.17, 15) is 19.8 Å². The monoisotopic (exact) mass is 435 g/mol. The highest BCUT2D eigenvalue weighted by molar-refractivity contribution is 5.92. The predicted octanol–water partition coefficient (Wildman–Crippen LogP) is 2.50. The lowest BCUT2D eigenvalue weighted by molar-refractivity contribution is 0.0691. The number of likely N-dealkylation sites (N-methyl/N-ethyl adjacent to an activating group) is 1. The first kappa shape index (κ1) is 22.0. The van der Waals surface area contributed by atoms with Gasteiger partial charge in [0.1, 0.15) is 11.5 Å². The maximum atomic E-state index is 12.3. The fourth-order valence-corrected chi connectivity index (χ4v) is 4.22.